The standard InChI is InChI=1S/C12H13BrN4/c1-7-3-9(13)4-8(2)12(7)17-11-5-10(14)15-6-16-11/h3-6H,1-2H3,(H3,14,15,16,17). The minimum absolute atomic E-state index is 0.454. The second kappa shape index (κ2) is 4.71. The van der Waals surface area contributed by atoms with E-state index in [-0.39, 0.29) is 0 Å². The quantitative estimate of drug-likeness (QED) is 0.892. The molecule has 0 aliphatic carbocycles. The molecule has 2 aromatic rings. The van der Waals surface area contributed by atoms with Crippen LogP contribution in [0.15, 0.2) is 29.0 Å². The van der Waals surface area contributed by atoms with Crippen LogP contribution in [0.25, 0.3) is 0 Å². The Morgan fingerprint density at radius 2 is 1.76 bits per heavy atom. The van der Waals surface area contributed by atoms with Gasteiger partial charge in [0.05, 0.1) is 0 Å². The molecule has 0 bridgehead atoms. The number of halogens is 1. The molecule has 3 N–H and O–H groups in total. The molecular formula is C12H13BrN4. The average molecular weight is 293 g/mol. The number of nitrogens with one attached hydrogen (secondary N) is 1. The lowest BCUT2D eigenvalue weighted by Crippen LogP contribution is -2.00. The van der Waals surface area contributed by atoms with Crippen molar-refractivity contribution in [3.05, 3.63) is 40.1 Å². The molecule has 5 heteroatoms. The normalized spacial score (nSPS) is 10.3. The summed E-state index contributed by atoms with van der Waals surface area (Å²) in [5.41, 5.74) is 8.96. The SMILES string of the molecule is Cc1cc(Br)cc(C)c1Nc1cc(N)ncn1. The van der Waals surface area contributed by atoms with Crippen LogP contribution in [0, 0.1) is 13.8 Å². The molecule has 0 amide bonds. The van der Waals surface area contributed by atoms with E-state index >= 15 is 0 Å². The molecule has 1 aromatic heterocycles. The molecule has 88 valence electrons. The first-order chi connectivity index (χ1) is 8.06. The van der Waals surface area contributed by atoms with Crippen molar-refractivity contribution in [2.75, 3.05) is 11.1 Å². The first-order valence-corrected chi connectivity index (χ1v) is 5.97. The van der Waals surface area contributed by atoms with Gasteiger partial charge in [-0.25, -0.2) is 9.97 Å². The number of hydrogen-bond donors (Lipinski definition) is 2. The summed E-state index contributed by atoms with van der Waals surface area (Å²) < 4.78 is 1.07. The maximum Gasteiger partial charge on any atom is 0.135 e. The van der Waals surface area contributed by atoms with E-state index in [0.717, 1.165) is 21.3 Å². The zero-order chi connectivity index (χ0) is 12.4. The van der Waals surface area contributed by atoms with Gasteiger partial charge in [0.15, 0.2) is 0 Å². The highest BCUT2D eigenvalue weighted by atomic mass is 79.9. The predicted octanol–water partition coefficient (Wildman–Crippen LogP) is 3.18. The smallest absolute Gasteiger partial charge is 0.135 e. The number of nitrogen functional groups attached to an aromatic ring is 1. The van der Waals surface area contributed by atoms with Crippen LogP contribution in [0.2, 0.25) is 0 Å². The molecule has 0 aliphatic rings. The van der Waals surface area contributed by atoms with Crippen LogP contribution in [0.4, 0.5) is 17.3 Å². The summed E-state index contributed by atoms with van der Waals surface area (Å²) in [6.07, 6.45) is 1.45. The van der Waals surface area contributed by atoms with Crippen LogP contribution in [-0.4, -0.2) is 9.97 Å². The van der Waals surface area contributed by atoms with E-state index in [1.807, 2.05) is 13.8 Å². The molecule has 1 heterocycles. The second-order valence-electron chi connectivity index (χ2n) is 3.87. The zero-order valence-corrected chi connectivity index (χ0v) is 11.2. The summed E-state index contributed by atoms with van der Waals surface area (Å²) in [6, 6.07) is 5.82. The van der Waals surface area contributed by atoms with Gasteiger partial charge < -0.3 is 11.1 Å². The Balaban J connectivity index is 2.36. The molecule has 17 heavy (non-hydrogen) atoms. The number of nitrogens with zero attached hydrogens (tertiary/aromatic N) is 2. The Hall–Kier alpha value is -1.62. The Morgan fingerprint density at radius 3 is 2.35 bits per heavy atom. The van der Waals surface area contributed by atoms with Gasteiger partial charge in [0.25, 0.3) is 0 Å². The summed E-state index contributed by atoms with van der Waals surface area (Å²) in [7, 11) is 0. The minimum Gasteiger partial charge on any atom is -0.384 e. The molecule has 0 radical (unpaired) electrons. The average Bonchev–Trinajstić information content (AvgIpc) is 2.23. The van der Waals surface area contributed by atoms with E-state index in [1.54, 1.807) is 6.07 Å². The number of benzene rings is 1. The van der Waals surface area contributed by atoms with Crippen molar-refractivity contribution in [2.24, 2.45) is 0 Å². The number of rotatable bonds is 2. The van der Waals surface area contributed by atoms with Gasteiger partial charge in [0, 0.05) is 16.2 Å². The molecule has 0 unspecified atom stereocenters. The largest absolute Gasteiger partial charge is 0.384 e. The van der Waals surface area contributed by atoms with Crippen molar-refractivity contribution < 1.29 is 0 Å². The minimum atomic E-state index is 0.454. The fourth-order valence-electron chi connectivity index (χ4n) is 1.68. The maximum absolute atomic E-state index is 5.61. The Morgan fingerprint density at radius 1 is 1.12 bits per heavy atom. The molecule has 0 atom stereocenters. The van der Waals surface area contributed by atoms with Crippen molar-refractivity contribution in [2.45, 2.75) is 13.8 Å². The van der Waals surface area contributed by atoms with Crippen LogP contribution in [0.3, 0.4) is 0 Å². The van der Waals surface area contributed by atoms with Crippen molar-refractivity contribution in [3.8, 4) is 0 Å². The lowest BCUT2D eigenvalue weighted by atomic mass is 10.1. The van der Waals surface area contributed by atoms with Crippen molar-refractivity contribution in [1.82, 2.24) is 9.97 Å². The number of hydrogen-bond acceptors (Lipinski definition) is 4. The lowest BCUT2D eigenvalue weighted by Gasteiger charge is -2.12. The molecule has 4 nitrogen and oxygen atoms in total. The predicted molar refractivity (Wildman–Crippen MR) is 73.3 cm³/mol. The van der Waals surface area contributed by atoms with Gasteiger partial charge in [-0.15, -0.1) is 0 Å². The molecule has 0 spiro atoms. The van der Waals surface area contributed by atoms with Gasteiger partial charge in [-0.2, -0.15) is 0 Å². The molecule has 0 saturated carbocycles. The first kappa shape index (κ1) is 11.9. The fraction of sp³-hybridized carbons (Fsp3) is 0.167. The van der Waals surface area contributed by atoms with E-state index in [2.05, 4.69) is 43.3 Å². The number of aryl methyl sites for hydroxylation is 2. The third-order valence-corrected chi connectivity index (χ3v) is 2.90. The highest BCUT2D eigenvalue weighted by Crippen LogP contribution is 2.27. The first-order valence-electron chi connectivity index (χ1n) is 5.17. The van der Waals surface area contributed by atoms with Crippen LogP contribution in [0.5, 0.6) is 0 Å². The summed E-state index contributed by atoms with van der Waals surface area (Å²) in [6.45, 7) is 4.09. The second-order valence-corrected chi connectivity index (χ2v) is 4.78. The van der Waals surface area contributed by atoms with E-state index in [0.29, 0.717) is 11.6 Å². The van der Waals surface area contributed by atoms with E-state index in [4.69, 9.17) is 5.73 Å². The summed E-state index contributed by atoms with van der Waals surface area (Å²) in [5, 5.41) is 3.26. The molecule has 1 aromatic carbocycles. The highest BCUT2D eigenvalue weighted by Gasteiger charge is 2.05. The van der Waals surface area contributed by atoms with E-state index in [9.17, 15) is 0 Å². The van der Waals surface area contributed by atoms with Crippen molar-refractivity contribution in [3.63, 3.8) is 0 Å². The van der Waals surface area contributed by atoms with Crippen LogP contribution in [-0.2, 0) is 0 Å². The number of aromatic nitrogens is 2. The van der Waals surface area contributed by atoms with Gasteiger partial charge in [-0.05, 0) is 37.1 Å². The number of anilines is 3. The van der Waals surface area contributed by atoms with Gasteiger partial charge in [-0.1, -0.05) is 15.9 Å². The lowest BCUT2D eigenvalue weighted by molar-refractivity contribution is 1.17. The monoisotopic (exact) mass is 292 g/mol. The Kier molecular flexibility index (Phi) is 3.28. The number of nitrogens with two attached hydrogens (primary N) is 1. The Labute approximate surface area is 108 Å². The zero-order valence-electron chi connectivity index (χ0n) is 9.66. The third-order valence-electron chi connectivity index (χ3n) is 2.44. The molecule has 0 fully saturated rings. The third kappa shape index (κ3) is 2.74. The summed E-state index contributed by atoms with van der Waals surface area (Å²) >= 11 is 3.47. The maximum atomic E-state index is 5.61. The topological polar surface area (TPSA) is 63.8 Å². The molecule has 2 rings (SSSR count). The van der Waals surface area contributed by atoms with Gasteiger partial charge >= 0.3 is 0 Å². The van der Waals surface area contributed by atoms with E-state index < -0.39 is 0 Å². The van der Waals surface area contributed by atoms with Crippen molar-refractivity contribution in [1.29, 1.82) is 0 Å². The Bertz CT molecular complexity index is 531. The van der Waals surface area contributed by atoms with Crippen LogP contribution in [0.1, 0.15) is 11.1 Å². The van der Waals surface area contributed by atoms with Gasteiger partial charge in [0.2, 0.25) is 0 Å². The van der Waals surface area contributed by atoms with Gasteiger partial charge in [-0.3, -0.25) is 0 Å². The molecule has 0 aliphatic heterocycles. The van der Waals surface area contributed by atoms with Crippen molar-refractivity contribution >= 4 is 33.3 Å². The van der Waals surface area contributed by atoms with E-state index in [1.165, 1.54) is 6.33 Å². The molecular weight excluding hydrogens is 280 g/mol. The summed E-state index contributed by atoms with van der Waals surface area (Å²) in [5.74, 6) is 1.15. The highest BCUT2D eigenvalue weighted by molar-refractivity contribution is 9.10. The molecule has 0 saturated heterocycles. The van der Waals surface area contributed by atoms with Crippen LogP contribution >= 0.6 is 15.9 Å². The van der Waals surface area contributed by atoms with Crippen LogP contribution < -0.4 is 11.1 Å². The van der Waals surface area contributed by atoms with Gasteiger partial charge in [0.1, 0.15) is 18.0 Å². The fourth-order valence-corrected chi connectivity index (χ4v) is 2.36. The summed E-state index contributed by atoms with van der Waals surface area (Å²) in [4.78, 5) is 7.99.